The van der Waals surface area contributed by atoms with Crippen LogP contribution in [-0.4, -0.2) is 138 Å². The van der Waals surface area contributed by atoms with E-state index in [2.05, 4.69) is 70.9 Å². The molecule has 8 heteroatoms. The van der Waals surface area contributed by atoms with Crippen LogP contribution in [0.5, 0.6) is 0 Å². The van der Waals surface area contributed by atoms with Crippen LogP contribution < -0.4 is 10.6 Å². The molecule has 222 valence electrons. The predicted molar refractivity (Wildman–Crippen MR) is 165 cm³/mol. The number of likely N-dealkylation sites (N-methyl/N-ethyl adjacent to an activating group) is 2. The second kappa shape index (κ2) is 16.9. The van der Waals surface area contributed by atoms with Gasteiger partial charge in [0.25, 0.3) is 0 Å². The van der Waals surface area contributed by atoms with Crippen molar-refractivity contribution in [2.75, 3.05) is 92.6 Å². The van der Waals surface area contributed by atoms with Crippen molar-refractivity contribution in [3.05, 3.63) is 0 Å². The highest BCUT2D eigenvalue weighted by atomic mass is 28.4. The number of hydrogen-bond acceptors (Lipinski definition) is 7. The predicted octanol–water partition coefficient (Wildman–Crippen LogP) is 3.63. The number of nitrogens with zero attached hydrogens (tertiary/aromatic N) is 4. The molecule has 6 aliphatic rings. The zero-order valence-electron chi connectivity index (χ0n) is 24.1. The zero-order chi connectivity index (χ0) is 25.3. The molecule has 0 atom stereocenters. The highest BCUT2D eigenvalue weighted by Crippen LogP contribution is 2.40. The van der Waals surface area contributed by atoms with Gasteiger partial charge in [-0.05, 0) is 79.2 Å². The Morgan fingerprint density at radius 2 is 1.00 bits per heavy atom. The van der Waals surface area contributed by atoms with Gasteiger partial charge in [0, 0.05) is 90.6 Å². The molecule has 0 spiro atoms. The quantitative estimate of drug-likeness (QED) is 0.526. The highest BCUT2D eigenvalue weighted by Gasteiger charge is 2.41. The molecule has 0 bridgehead atoms. The van der Waals surface area contributed by atoms with E-state index in [4.69, 9.17) is 4.43 Å². The summed E-state index contributed by atoms with van der Waals surface area (Å²) in [5.74, 6) is 0. The Hall–Kier alpha value is -0.0631. The van der Waals surface area contributed by atoms with Crippen LogP contribution in [0.4, 0.5) is 0 Å². The van der Waals surface area contributed by atoms with Gasteiger partial charge in [-0.25, -0.2) is 0 Å². The maximum Gasteiger partial charge on any atom is 0.184 e. The molecule has 0 amide bonds. The van der Waals surface area contributed by atoms with E-state index in [-0.39, 0.29) is 14.9 Å². The molecule has 3 saturated heterocycles. The molecule has 2 N–H and O–H groups in total. The van der Waals surface area contributed by atoms with E-state index >= 15 is 0 Å². The van der Waals surface area contributed by atoms with E-state index in [1.807, 2.05) is 0 Å². The fraction of sp³-hybridized carbons (Fsp3) is 1.00. The van der Waals surface area contributed by atoms with Gasteiger partial charge in [-0.15, -0.1) is 0 Å². The lowest BCUT2D eigenvalue weighted by Gasteiger charge is -2.32. The summed E-state index contributed by atoms with van der Waals surface area (Å²) in [6, 6.07) is 1.96. The average molecular weight is 543 g/mol. The minimum Gasteiger partial charge on any atom is -0.412 e. The summed E-state index contributed by atoms with van der Waals surface area (Å²) in [7, 11) is 3.14. The fourth-order valence-corrected chi connectivity index (χ4v) is 6.59. The van der Waals surface area contributed by atoms with Crippen molar-refractivity contribution >= 4 is 8.32 Å². The minimum absolute atomic E-state index is 0. The van der Waals surface area contributed by atoms with Crippen molar-refractivity contribution in [3.8, 4) is 0 Å². The number of rotatable bonds is 4. The largest absolute Gasteiger partial charge is 0.412 e. The molecule has 6 fully saturated rings. The first kappa shape index (κ1) is 35.0. The van der Waals surface area contributed by atoms with Crippen LogP contribution in [-0.2, 0) is 4.43 Å². The zero-order valence-corrected chi connectivity index (χ0v) is 25.1. The lowest BCUT2D eigenvalue weighted by atomic mass is 10.3. The Labute approximate surface area is 233 Å². The molecule has 0 aromatic rings. The number of nitrogens with one attached hydrogen (secondary N) is 2. The molecule has 3 aliphatic heterocycles. The van der Waals surface area contributed by atoms with Crippen molar-refractivity contribution in [3.63, 3.8) is 0 Å². The minimum atomic E-state index is -1.23. The molecule has 0 aromatic heterocycles. The Balaban J connectivity index is 0.000000244. The van der Waals surface area contributed by atoms with Gasteiger partial charge < -0.3 is 24.9 Å². The molecule has 0 radical (unpaired) electrons. The second-order valence-electron chi connectivity index (χ2n) is 12.8. The Morgan fingerprint density at radius 1 is 0.622 bits per heavy atom. The van der Waals surface area contributed by atoms with Crippen LogP contribution in [0.1, 0.15) is 60.3 Å². The monoisotopic (exact) mass is 543 g/mol. The van der Waals surface area contributed by atoms with E-state index in [1.165, 1.54) is 104 Å². The van der Waals surface area contributed by atoms with Gasteiger partial charge in [0.2, 0.25) is 0 Å². The summed E-state index contributed by atoms with van der Waals surface area (Å²) in [6.07, 6.45) is 8.39. The lowest BCUT2D eigenvalue weighted by Crippen LogP contribution is -2.45. The molecule has 3 aliphatic carbocycles. The molecule has 0 unspecified atom stereocenters. The summed E-state index contributed by atoms with van der Waals surface area (Å²) in [5.41, 5.74) is 0.296. The summed E-state index contributed by atoms with van der Waals surface area (Å²) in [6.45, 7) is 23.8. The van der Waals surface area contributed by atoms with Gasteiger partial charge in [-0.3, -0.25) is 9.80 Å². The first-order valence-corrected chi connectivity index (χ1v) is 18.0. The van der Waals surface area contributed by atoms with E-state index in [0.717, 1.165) is 25.2 Å². The third-order valence-electron chi connectivity index (χ3n) is 7.66. The maximum atomic E-state index is 5.88. The standard InChI is InChI=1S/C8H16N2.C7H14N2.C7H16OSi.C5H12N2.2CH4/c1-9-4-6-10(7-5-9)8-2-3-8;1-2-7(1)9-5-3-8-4-6-9;1-7(5-6-7)8-9(2,3)4;1-7-4-2-6-3-5-7;;/h8H,2-7H2,1H3;7-8H,1-6H2;5-6H2,1-4H3;6H,2-5H2,1H3;2*1H4. The Kier molecular flexibility index (Phi) is 16.0. The number of hydrogen-bond donors (Lipinski definition) is 2. The fourth-order valence-electron chi connectivity index (χ4n) is 4.91. The van der Waals surface area contributed by atoms with E-state index in [1.54, 1.807) is 0 Å². The van der Waals surface area contributed by atoms with Crippen molar-refractivity contribution in [1.29, 1.82) is 0 Å². The third-order valence-corrected chi connectivity index (χ3v) is 8.77. The van der Waals surface area contributed by atoms with Crippen molar-refractivity contribution < 1.29 is 4.43 Å². The summed E-state index contributed by atoms with van der Waals surface area (Å²) < 4.78 is 5.88. The molecule has 6 rings (SSSR count). The van der Waals surface area contributed by atoms with E-state index < -0.39 is 8.32 Å². The van der Waals surface area contributed by atoms with Crippen LogP contribution in [0.25, 0.3) is 0 Å². The summed E-state index contributed by atoms with van der Waals surface area (Å²) in [4.78, 5) is 9.99. The Morgan fingerprint density at radius 3 is 1.30 bits per heavy atom. The first-order valence-electron chi connectivity index (χ1n) is 14.6. The van der Waals surface area contributed by atoms with E-state index in [9.17, 15) is 0 Å². The summed E-state index contributed by atoms with van der Waals surface area (Å²) in [5, 5.41) is 6.63. The highest BCUT2D eigenvalue weighted by molar-refractivity contribution is 6.69. The van der Waals surface area contributed by atoms with Gasteiger partial charge in [0.05, 0.1) is 5.60 Å². The summed E-state index contributed by atoms with van der Waals surface area (Å²) >= 11 is 0. The van der Waals surface area contributed by atoms with Crippen LogP contribution >= 0.6 is 0 Å². The van der Waals surface area contributed by atoms with Crippen LogP contribution in [0.3, 0.4) is 0 Å². The van der Waals surface area contributed by atoms with Crippen LogP contribution in [0.2, 0.25) is 19.6 Å². The third kappa shape index (κ3) is 16.0. The molecule has 3 saturated carbocycles. The average Bonchev–Trinajstić information content (AvgIpc) is 3.67. The van der Waals surface area contributed by atoms with Gasteiger partial charge in [0.15, 0.2) is 8.32 Å². The van der Waals surface area contributed by atoms with Crippen LogP contribution in [0.15, 0.2) is 0 Å². The smallest absolute Gasteiger partial charge is 0.184 e. The lowest BCUT2D eigenvalue weighted by molar-refractivity contribution is 0.147. The molecular formula is C29H66N6OSi. The maximum absolute atomic E-state index is 5.88. The number of piperazine rings is 3. The molecule has 3 heterocycles. The van der Waals surface area contributed by atoms with Crippen molar-refractivity contribution in [2.45, 2.75) is 97.6 Å². The van der Waals surface area contributed by atoms with Gasteiger partial charge in [-0.2, -0.15) is 0 Å². The molecule has 0 aromatic carbocycles. The van der Waals surface area contributed by atoms with Crippen molar-refractivity contribution in [2.24, 2.45) is 0 Å². The van der Waals surface area contributed by atoms with Gasteiger partial charge in [-0.1, -0.05) is 14.9 Å². The Bertz CT molecular complexity index is 568. The van der Waals surface area contributed by atoms with Gasteiger partial charge in [0.1, 0.15) is 0 Å². The first-order chi connectivity index (χ1) is 16.6. The molecule has 7 nitrogen and oxygen atoms in total. The van der Waals surface area contributed by atoms with E-state index in [0.29, 0.717) is 5.60 Å². The topological polar surface area (TPSA) is 46.3 Å². The SMILES string of the molecule is C.C.C1CN(C2CC2)CCN1.CC1(O[Si](C)(C)C)CC1.CN1CCN(C2CC2)CC1.CN1CCNCC1. The van der Waals surface area contributed by atoms with Crippen LogP contribution in [0, 0.1) is 0 Å². The normalized spacial score (nSPS) is 26.4. The molecule has 37 heavy (non-hydrogen) atoms. The molecular weight excluding hydrogens is 476 g/mol. The van der Waals surface area contributed by atoms with Gasteiger partial charge >= 0.3 is 0 Å². The second-order valence-corrected chi connectivity index (χ2v) is 17.2. The van der Waals surface area contributed by atoms with Crippen molar-refractivity contribution in [1.82, 2.24) is 30.2 Å².